The number of allylic oxidation sites excluding steroid dienone is 2. The second kappa shape index (κ2) is 19.3. The highest BCUT2D eigenvalue weighted by Gasteiger charge is 2.77. The number of carbonyl (C=O) groups excluding carboxylic acids is 3. The van der Waals surface area contributed by atoms with Gasteiger partial charge in [-0.1, -0.05) is 47.6 Å². The number of aliphatic hydroxyl groups is 11. The number of hydrogen-bond acceptors (Lipinski definition) is 22. The van der Waals surface area contributed by atoms with Crippen LogP contribution in [0.2, 0.25) is 0 Å². The van der Waals surface area contributed by atoms with Crippen molar-refractivity contribution in [2.75, 3.05) is 20.3 Å². The van der Waals surface area contributed by atoms with Crippen LogP contribution in [0.3, 0.4) is 0 Å². The van der Waals surface area contributed by atoms with E-state index in [1.165, 1.54) is 27.0 Å². The summed E-state index contributed by atoms with van der Waals surface area (Å²) in [4.78, 5) is 42.5. The molecule has 4 saturated heterocycles. The molecule has 0 aromatic rings. The maximum atomic E-state index is 15.1. The van der Waals surface area contributed by atoms with Crippen molar-refractivity contribution in [3.8, 4) is 0 Å². The quantitative estimate of drug-likeness (QED) is 0.0815. The summed E-state index contributed by atoms with van der Waals surface area (Å²) in [5.41, 5.74) is -5.10. The van der Waals surface area contributed by atoms with Crippen molar-refractivity contribution in [1.82, 2.24) is 0 Å². The molecule has 0 aromatic carbocycles. The zero-order chi connectivity index (χ0) is 52.4. The Hall–Kier alpha value is -2.43. The van der Waals surface area contributed by atoms with Gasteiger partial charge < -0.3 is 94.1 Å². The van der Waals surface area contributed by atoms with E-state index in [2.05, 4.69) is 0 Å². The third-order valence-electron chi connectivity index (χ3n) is 18.6. The predicted molar refractivity (Wildman–Crippen MR) is 238 cm³/mol. The number of Topliss-reactive ketones (excluding diaryl/α,β-unsaturated/α-hetero) is 2. The summed E-state index contributed by atoms with van der Waals surface area (Å²) in [6, 6.07) is 0. The Morgan fingerprint density at radius 1 is 0.718 bits per heavy atom. The molecule has 8 aliphatic rings. The lowest BCUT2D eigenvalue weighted by molar-refractivity contribution is -0.397. The van der Waals surface area contributed by atoms with Crippen molar-refractivity contribution in [3.63, 3.8) is 0 Å². The van der Waals surface area contributed by atoms with Crippen LogP contribution in [0.15, 0.2) is 22.8 Å². The molecule has 25 atom stereocenters. The van der Waals surface area contributed by atoms with Gasteiger partial charge >= 0.3 is 5.97 Å². The smallest absolute Gasteiger partial charge is 0.333 e. The maximum Gasteiger partial charge on any atom is 0.333 e. The van der Waals surface area contributed by atoms with Gasteiger partial charge in [0.05, 0.1) is 38.6 Å². The molecular formula is C49H74O22. The highest BCUT2D eigenvalue weighted by molar-refractivity contribution is 6.11. The second-order valence-electron chi connectivity index (χ2n) is 22.6. The number of hydrogen-bond donors (Lipinski definition) is 11. The molecule has 0 radical (unpaired) electrons. The van der Waals surface area contributed by atoms with Gasteiger partial charge in [0.15, 0.2) is 36.7 Å². The van der Waals surface area contributed by atoms with Crippen LogP contribution in [0.1, 0.15) is 87.5 Å². The number of ketones is 2. The molecule has 0 spiro atoms. The lowest BCUT2D eigenvalue weighted by atomic mass is 9.42. The van der Waals surface area contributed by atoms with Crippen molar-refractivity contribution < 1.29 is 108 Å². The lowest BCUT2D eigenvalue weighted by Gasteiger charge is -2.62. The molecule has 0 bridgehead atoms. The summed E-state index contributed by atoms with van der Waals surface area (Å²) >= 11 is 0. The van der Waals surface area contributed by atoms with Crippen LogP contribution in [0.4, 0.5) is 0 Å². The molecule has 8 rings (SSSR count). The molecule has 22 heteroatoms. The van der Waals surface area contributed by atoms with Gasteiger partial charge in [-0.15, -0.1) is 0 Å². The molecule has 4 heterocycles. The van der Waals surface area contributed by atoms with Gasteiger partial charge in [-0.05, 0) is 50.4 Å². The van der Waals surface area contributed by atoms with E-state index in [0.717, 1.165) is 0 Å². The van der Waals surface area contributed by atoms with Gasteiger partial charge in [0.2, 0.25) is 0 Å². The molecule has 22 nitrogen and oxygen atoms in total. The van der Waals surface area contributed by atoms with Gasteiger partial charge in [-0.3, -0.25) is 9.59 Å². The van der Waals surface area contributed by atoms with E-state index < -0.39 is 175 Å². The largest absolute Gasteiger partial charge is 0.466 e. The van der Waals surface area contributed by atoms with E-state index in [-0.39, 0.29) is 42.8 Å². The molecule has 6 fully saturated rings. The topological polar surface area (TPSA) is 348 Å². The highest BCUT2D eigenvalue weighted by atomic mass is 16.8. The van der Waals surface area contributed by atoms with Crippen molar-refractivity contribution in [3.05, 3.63) is 22.8 Å². The number of aliphatic hydroxyl groups excluding tert-OH is 10. The average Bonchev–Trinajstić information content (AvgIpc) is 3.49. The summed E-state index contributed by atoms with van der Waals surface area (Å²) in [5.74, 6) is -3.39. The Kier molecular flexibility index (Phi) is 14.9. The molecule has 71 heavy (non-hydrogen) atoms. The van der Waals surface area contributed by atoms with E-state index in [1.54, 1.807) is 13.8 Å². The van der Waals surface area contributed by atoms with Crippen LogP contribution in [0.25, 0.3) is 0 Å². The first-order valence-electron chi connectivity index (χ1n) is 24.6. The van der Waals surface area contributed by atoms with Gasteiger partial charge in [-0.2, -0.15) is 0 Å². The summed E-state index contributed by atoms with van der Waals surface area (Å²) in [6.07, 6.45) is -26.5. The van der Waals surface area contributed by atoms with Gasteiger partial charge in [0, 0.05) is 51.7 Å². The Balaban J connectivity index is 1.09. The fourth-order valence-electron chi connectivity index (χ4n) is 14.2. The van der Waals surface area contributed by atoms with Crippen molar-refractivity contribution in [2.24, 2.45) is 39.4 Å². The number of methoxy groups -OCH3 is 1. The Morgan fingerprint density at radius 2 is 1.28 bits per heavy atom. The first kappa shape index (κ1) is 54.8. The number of carbonyl (C=O) groups is 3. The zero-order valence-electron chi connectivity index (χ0n) is 41.6. The number of rotatable bonds is 10. The Labute approximate surface area is 411 Å². The minimum atomic E-state index is -1.92. The van der Waals surface area contributed by atoms with E-state index >= 15 is 9.59 Å². The van der Waals surface area contributed by atoms with E-state index in [0.29, 0.717) is 17.6 Å². The molecule has 4 aliphatic heterocycles. The van der Waals surface area contributed by atoms with Crippen LogP contribution in [0.5, 0.6) is 0 Å². The molecule has 11 N–H and O–H groups in total. The third-order valence-corrected chi connectivity index (χ3v) is 18.6. The average molecular weight is 1020 g/mol. The highest BCUT2D eigenvalue weighted by Crippen LogP contribution is 2.74. The number of ether oxygens (including phenoxy) is 8. The van der Waals surface area contributed by atoms with Crippen LogP contribution in [0, 0.1) is 39.4 Å². The summed E-state index contributed by atoms with van der Waals surface area (Å²) in [7, 11) is 1.23. The number of fused-ring (bicyclic) bond motifs is 6. The lowest BCUT2D eigenvalue weighted by Crippen LogP contribution is -2.67. The second-order valence-corrected chi connectivity index (χ2v) is 22.6. The molecule has 0 amide bonds. The third kappa shape index (κ3) is 8.26. The van der Waals surface area contributed by atoms with Gasteiger partial charge in [0.1, 0.15) is 72.7 Å². The first-order valence-corrected chi connectivity index (χ1v) is 24.6. The van der Waals surface area contributed by atoms with Crippen LogP contribution < -0.4 is 0 Å². The standard InChI is InChI=1S/C49H74O22/c1-18(40(61)64-9)12-21-19(2)49(63)28(68-41(21)62)15-47(7)30-22(52)13-26-45(4,5)27(10-11-46(26,6)29(30)23(53)14-48(47,49)8)69-43-38(35(58)32(55)24(16-50)66-43)71-44-39(36(59)33(56)25(17-51)67-44)70-42-37(60)34(57)31(54)20(3)65-42/h12,19-21,24-28,31-39,41-44,50-51,54-60,62-63H,10-11,13-17H2,1-9H3/b18-12+/t19-,20+,21-,24-,25-,26+,27+,28+,31+,32-,33-,34-,35+,36+,37-,38-,39-,41-,42+,43+,44+,46+,47+,48+,49-/m1/s1. The van der Waals surface area contributed by atoms with E-state index in [4.69, 9.17) is 37.9 Å². The fraction of sp³-hybridized carbons (Fsp3) is 0.857. The molecule has 2 saturated carbocycles. The minimum absolute atomic E-state index is 0.0455. The van der Waals surface area contributed by atoms with Crippen molar-refractivity contribution in [2.45, 2.75) is 204 Å². The number of esters is 1. The predicted octanol–water partition coefficient (Wildman–Crippen LogP) is -2.23. The Morgan fingerprint density at radius 3 is 1.85 bits per heavy atom. The SMILES string of the molecule is COC(=O)/C(C)=C/[C@H]1[C@H](O)O[C@H]2C[C@@]3(C)C4=C(C(=O)C[C@]3(C)[C@@]2(O)[C@@H]1C)[C@@]1(C)CC[C@H](O[C@@H]2O[C@H](CO)[C@@H](O)[C@H](O)[C@H]2O[C@@H]2O[C@H](CO)[C@@H](O)[C@H](O)[C@H]2O[C@@H]2O[C@@H](C)[C@H](O)[C@@H](O)[C@H]2O)C(C)(C)[C@@H]1CC4=O. The summed E-state index contributed by atoms with van der Waals surface area (Å²) in [5, 5.41) is 121. The molecule has 0 unspecified atom stereocenters. The van der Waals surface area contributed by atoms with Crippen molar-refractivity contribution >= 4 is 17.5 Å². The zero-order valence-corrected chi connectivity index (χ0v) is 41.6. The monoisotopic (exact) mass is 1010 g/mol. The first-order chi connectivity index (χ1) is 33.1. The maximum absolute atomic E-state index is 15.1. The minimum Gasteiger partial charge on any atom is -0.466 e. The van der Waals surface area contributed by atoms with E-state index in [1.807, 2.05) is 27.7 Å². The van der Waals surface area contributed by atoms with Crippen LogP contribution in [-0.4, -0.2) is 210 Å². The molecular weight excluding hydrogens is 941 g/mol. The van der Waals surface area contributed by atoms with Crippen LogP contribution in [-0.2, 0) is 52.3 Å². The van der Waals surface area contributed by atoms with Gasteiger partial charge in [-0.25, -0.2) is 4.79 Å². The fourth-order valence-corrected chi connectivity index (χ4v) is 14.2. The molecule has 0 aromatic heterocycles. The van der Waals surface area contributed by atoms with Crippen molar-refractivity contribution in [1.29, 1.82) is 0 Å². The Bertz CT molecular complexity index is 2120. The normalized spacial score (nSPS) is 52.1. The van der Waals surface area contributed by atoms with Gasteiger partial charge in [0.25, 0.3) is 0 Å². The van der Waals surface area contributed by atoms with E-state index in [9.17, 15) is 61.0 Å². The summed E-state index contributed by atoms with van der Waals surface area (Å²) < 4.78 is 47.4. The summed E-state index contributed by atoms with van der Waals surface area (Å²) in [6.45, 7) is 12.4. The molecule has 402 valence electrons. The molecule has 4 aliphatic carbocycles. The van der Waals surface area contributed by atoms with Crippen LogP contribution >= 0.6 is 0 Å².